The SMILES string of the molecule is CC(C)Oc1ccc(/C=C2\SC(N3CC[NH+](C)CC3)=NC2=O)cc1. The van der Waals surface area contributed by atoms with Crippen LogP contribution < -0.4 is 9.64 Å². The Morgan fingerprint density at radius 1 is 1.25 bits per heavy atom. The van der Waals surface area contributed by atoms with Gasteiger partial charge >= 0.3 is 0 Å². The number of nitrogens with zero attached hydrogens (tertiary/aromatic N) is 2. The first kappa shape index (κ1) is 17.0. The van der Waals surface area contributed by atoms with E-state index in [9.17, 15) is 4.79 Å². The van der Waals surface area contributed by atoms with Gasteiger partial charge in [-0.1, -0.05) is 12.1 Å². The highest BCUT2D eigenvalue weighted by molar-refractivity contribution is 8.18. The fourth-order valence-electron chi connectivity index (χ4n) is 2.68. The van der Waals surface area contributed by atoms with Crippen molar-refractivity contribution in [1.82, 2.24) is 4.90 Å². The molecule has 1 saturated heterocycles. The summed E-state index contributed by atoms with van der Waals surface area (Å²) < 4.78 is 5.64. The zero-order valence-electron chi connectivity index (χ0n) is 14.4. The molecule has 1 aromatic rings. The second kappa shape index (κ2) is 7.40. The molecule has 128 valence electrons. The van der Waals surface area contributed by atoms with Crippen LogP contribution in [0.1, 0.15) is 19.4 Å². The third kappa shape index (κ3) is 4.19. The van der Waals surface area contributed by atoms with Crippen LogP contribution in [-0.2, 0) is 4.79 Å². The van der Waals surface area contributed by atoms with E-state index in [1.165, 1.54) is 16.7 Å². The van der Waals surface area contributed by atoms with E-state index in [1.54, 1.807) is 0 Å². The molecule has 6 heteroatoms. The summed E-state index contributed by atoms with van der Waals surface area (Å²) in [5, 5.41) is 0.846. The number of carbonyl (C=O) groups is 1. The van der Waals surface area contributed by atoms with Gasteiger partial charge in [-0.25, -0.2) is 0 Å². The maximum absolute atomic E-state index is 12.2. The van der Waals surface area contributed by atoms with Crippen molar-refractivity contribution in [2.24, 2.45) is 4.99 Å². The van der Waals surface area contributed by atoms with Crippen LogP contribution in [0.4, 0.5) is 0 Å². The maximum atomic E-state index is 12.2. The number of rotatable bonds is 3. The van der Waals surface area contributed by atoms with Crippen LogP contribution in [-0.4, -0.2) is 55.3 Å². The third-order valence-corrected chi connectivity index (χ3v) is 5.09. The summed E-state index contributed by atoms with van der Waals surface area (Å²) in [4.78, 5) is 20.8. The summed E-state index contributed by atoms with van der Waals surface area (Å²) in [6.45, 7) is 8.10. The van der Waals surface area contributed by atoms with Gasteiger partial charge < -0.3 is 14.5 Å². The summed E-state index contributed by atoms with van der Waals surface area (Å²) in [6, 6.07) is 7.80. The summed E-state index contributed by atoms with van der Waals surface area (Å²) in [7, 11) is 2.20. The van der Waals surface area contributed by atoms with Gasteiger partial charge in [0.15, 0.2) is 5.17 Å². The zero-order valence-corrected chi connectivity index (χ0v) is 15.2. The van der Waals surface area contributed by atoms with Crippen LogP contribution in [0.2, 0.25) is 0 Å². The molecule has 3 rings (SSSR count). The van der Waals surface area contributed by atoms with Crippen molar-refractivity contribution in [1.29, 1.82) is 0 Å². The number of amidine groups is 1. The van der Waals surface area contributed by atoms with Gasteiger partial charge in [-0.15, -0.1) is 0 Å². The van der Waals surface area contributed by atoms with E-state index in [0.29, 0.717) is 4.91 Å². The first-order valence-electron chi connectivity index (χ1n) is 8.37. The fourth-order valence-corrected chi connectivity index (χ4v) is 3.64. The third-order valence-electron chi connectivity index (χ3n) is 4.05. The molecule has 2 aliphatic rings. The number of quaternary nitrogens is 1. The van der Waals surface area contributed by atoms with E-state index >= 15 is 0 Å². The Hall–Kier alpha value is -1.79. The fraction of sp³-hybridized carbons (Fsp3) is 0.444. The molecule has 2 aliphatic heterocycles. The number of hydrogen-bond donors (Lipinski definition) is 1. The van der Waals surface area contributed by atoms with Crippen molar-refractivity contribution >= 4 is 28.9 Å². The number of nitrogens with one attached hydrogen (secondary N) is 1. The van der Waals surface area contributed by atoms with E-state index in [0.717, 1.165) is 42.7 Å². The Morgan fingerprint density at radius 3 is 2.54 bits per heavy atom. The minimum Gasteiger partial charge on any atom is -0.491 e. The normalized spacial score (nSPS) is 20.8. The zero-order chi connectivity index (χ0) is 17.1. The predicted molar refractivity (Wildman–Crippen MR) is 98.4 cm³/mol. The Kier molecular flexibility index (Phi) is 5.26. The average molecular weight is 346 g/mol. The van der Waals surface area contributed by atoms with Crippen molar-refractivity contribution in [3.05, 3.63) is 34.7 Å². The lowest BCUT2D eigenvalue weighted by atomic mass is 10.2. The van der Waals surface area contributed by atoms with E-state index < -0.39 is 0 Å². The topological polar surface area (TPSA) is 46.3 Å². The van der Waals surface area contributed by atoms with Gasteiger partial charge in [0.25, 0.3) is 5.91 Å². The molecule has 0 aliphatic carbocycles. The van der Waals surface area contributed by atoms with Crippen LogP contribution >= 0.6 is 11.8 Å². The first-order valence-corrected chi connectivity index (χ1v) is 9.18. The lowest BCUT2D eigenvalue weighted by molar-refractivity contribution is -0.883. The highest BCUT2D eigenvalue weighted by atomic mass is 32.2. The monoisotopic (exact) mass is 346 g/mol. The molecule has 0 bridgehead atoms. The van der Waals surface area contributed by atoms with E-state index in [4.69, 9.17) is 4.74 Å². The Labute approximate surface area is 147 Å². The van der Waals surface area contributed by atoms with Gasteiger partial charge in [-0.2, -0.15) is 4.99 Å². The Morgan fingerprint density at radius 2 is 1.92 bits per heavy atom. The number of carbonyl (C=O) groups excluding carboxylic acids is 1. The molecule has 0 radical (unpaired) electrons. The predicted octanol–water partition coefficient (Wildman–Crippen LogP) is 1.27. The average Bonchev–Trinajstić information content (AvgIpc) is 2.90. The molecule has 0 spiro atoms. The summed E-state index contributed by atoms with van der Waals surface area (Å²) >= 11 is 1.48. The molecule has 0 atom stereocenters. The number of amides is 1. The van der Waals surface area contributed by atoms with Crippen LogP contribution in [0.25, 0.3) is 6.08 Å². The number of piperazine rings is 1. The van der Waals surface area contributed by atoms with Crippen molar-refractivity contribution in [3.8, 4) is 5.75 Å². The smallest absolute Gasteiger partial charge is 0.286 e. The first-order chi connectivity index (χ1) is 11.5. The largest absolute Gasteiger partial charge is 0.491 e. The second-order valence-corrected chi connectivity index (χ2v) is 7.50. The minimum absolute atomic E-state index is 0.135. The molecule has 0 aromatic heterocycles. The molecular weight excluding hydrogens is 322 g/mol. The van der Waals surface area contributed by atoms with Crippen molar-refractivity contribution in [2.45, 2.75) is 20.0 Å². The van der Waals surface area contributed by atoms with Gasteiger partial charge in [0.2, 0.25) is 0 Å². The molecule has 1 amide bonds. The highest BCUT2D eigenvalue weighted by Crippen LogP contribution is 2.30. The quantitative estimate of drug-likeness (QED) is 0.838. The molecule has 2 heterocycles. The number of benzene rings is 1. The Bertz CT molecular complexity index is 659. The van der Waals surface area contributed by atoms with Gasteiger partial charge in [0.05, 0.1) is 44.2 Å². The van der Waals surface area contributed by atoms with Crippen molar-refractivity contribution in [3.63, 3.8) is 0 Å². The van der Waals surface area contributed by atoms with Crippen LogP contribution in [0.5, 0.6) is 5.75 Å². The summed E-state index contributed by atoms with van der Waals surface area (Å²) in [5.41, 5.74) is 0.987. The van der Waals surface area contributed by atoms with Crippen LogP contribution in [0.3, 0.4) is 0 Å². The number of likely N-dealkylation sites (N-methyl/N-ethyl adjacent to an activating group) is 1. The number of ether oxygens (including phenoxy) is 1. The van der Waals surface area contributed by atoms with E-state index in [-0.39, 0.29) is 12.0 Å². The lowest BCUT2D eigenvalue weighted by Gasteiger charge is -2.30. The van der Waals surface area contributed by atoms with Crippen molar-refractivity contribution < 1.29 is 14.4 Å². The lowest BCUT2D eigenvalue weighted by Crippen LogP contribution is -3.12. The molecule has 24 heavy (non-hydrogen) atoms. The Balaban J connectivity index is 1.65. The van der Waals surface area contributed by atoms with Crippen LogP contribution in [0.15, 0.2) is 34.2 Å². The summed E-state index contributed by atoms with van der Waals surface area (Å²) in [5.74, 6) is 0.707. The van der Waals surface area contributed by atoms with E-state index in [2.05, 4.69) is 16.9 Å². The molecule has 0 saturated carbocycles. The molecule has 5 nitrogen and oxygen atoms in total. The molecule has 1 fully saturated rings. The van der Waals surface area contributed by atoms with Gasteiger partial charge in [0.1, 0.15) is 5.75 Å². The van der Waals surface area contributed by atoms with Crippen molar-refractivity contribution in [2.75, 3.05) is 33.2 Å². The molecule has 0 unspecified atom stereocenters. The number of thioether (sulfide) groups is 1. The van der Waals surface area contributed by atoms with Crippen LogP contribution in [0, 0.1) is 0 Å². The maximum Gasteiger partial charge on any atom is 0.286 e. The minimum atomic E-state index is -0.135. The summed E-state index contributed by atoms with van der Waals surface area (Å²) in [6.07, 6.45) is 2.06. The molecular formula is C18H24N3O2S+. The second-order valence-electron chi connectivity index (χ2n) is 6.49. The highest BCUT2D eigenvalue weighted by Gasteiger charge is 2.28. The van der Waals surface area contributed by atoms with Gasteiger partial charge in [0, 0.05) is 0 Å². The molecule has 1 aromatic carbocycles. The molecule has 1 N–H and O–H groups in total. The standard InChI is InChI=1S/C18H23N3O2S/c1-13(2)23-15-6-4-14(5-7-15)12-16-17(22)19-18(24-16)21-10-8-20(3)9-11-21/h4-7,12-13H,8-11H2,1-3H3/p+1/b16-12-. The number of aliphatic imine (C=N–C) groups is 1. The van der Waals surface area contributed by atoms with E-state index in [1.807, 2.05) is 44.2 Å². The number of hydrogen-bond acceptors (Lipinski definition) is 4. The van der Waals surface area contributed by atoms with Gasteiger partial charge in [-0.3, -0.25) is 4.79 Å². The van der Waals surface area contributed by atoms with Gasteiger partial charge in [-0.05, 0) is 49.4 Å².